The first-order valence-corrected chi connectivity index (χ1v) is 18.6. The van der Waals surface area contributed by atoms with Crippen LogP contribution in [-0.2, 0) is 5.41 Å². The van der Waals surface area contributed by atoms with Crippen molar-refractivity contribution in [3.8, 4) is 56.2 Å². The molecule has 8 aromatic carbocycles. The fourth-order valence-electron chi connectivity index (χ4n) is 8.68. The van der Waals surface area contributed by atoms with E-state index in [2.05, 4.69) is 166 Å². The van der Waals surface area contributed by atoms with Crippen LogP contribution in [0.2, 0.25) is 0 Å². The highest BCUT2D eigenvalue weighted by molar-refractivity contribution is 6.10. The summed E-state index contributed by atoms with van der Waals surface area (Å²) in [5.41, 5.74) is 14.1. The van der Waals surface area contributed by atoms with Crippen molar-refractivity contribution in [3.63, 3.8) is 0 Å². The van der Waals surface area contributed by atoms with Gasteiger partial charge in [0.25, 0.3) is 0 Å². The van der Waals surface area contributed by atoms with Crippen molar-refractivity contribution in [2.24, 2.45) is 0 Å². The van der Waals surface area contributed by atoms with E-state index in [1.807, 2.05) is 18.2 Å². The van der Waals surface area contributed by atoms with Crippen molar-refractivity contribution in [1.82, 2.24) is 9.97 Å². The van der Waals surface area contributed by atoms with Crippen LogP contribution in [0.5, 0.6) is 0 Å². The number of para-hydroxylation sites is 2. The van der Waals surface area contributed by atoms with E-state index in [0.29, 0.717) is 5.82 Å². The molecule has 3 heteroatoms. The van der Waals surface area contributed by atoms with Gasteiger partial charge in [-0.2, -0.15) is 0 Å². The number of benzene rings is 8. The third-order valence-electron chi connectivity index (χ3n) is 11.5. The molecule has 2 aromatic heterocycles. The summed E-state index contributed by atoms with van der Waals surface area (Å²) >= 11 is 0. The highest BCUT2D eigenvalue weighted by atomic mass is 16.3. The molecule has 0 unspecified atom stereocenters. The molecule has 54 heavy (non-hydrogen) atoms. The lowest BCUT2D eigenvalue weighted by Crippen LogP contribution is -2.14. The van der Waals surface area contributed by atoms with Gasteiger partial charge in [0.1, 0.15) is 11.2 Å². The molecule has 1 aliphatic rings. The van der Waals surface area contributed by atoms with Crippen molar-refractivity contribution >= 4 is 43.5 Å². The molecular weight excluding hydrogens is 657 g/mol. The molecule has 0 radical (unpaired) electrons. The zero-order chi connectivity index (χ0) is 36.0. The van der Waals surface area contributed by atoms with Crippen molar-refractivity contribution in [2.45, 2.75) is 19.3 Å². The SMILES string of the molecule is CC1(C)c2cc3ccccc3cc2-c2c(-c3cc(-c4ccc5cc(-c6cccc7c6oc6ccccc67)ccc5c4)nc(-c4ccccc4)n3)cccc21. The minimum absolute atomic E-state index is 0.143. The first kappa shape index (κ1) is 30.8. The molecule has 1 aliphatic carbocycles. The van der Waals surface area contributed by atoms with E-state index in [1.54, 1.807) is 0 Å². The molecule has 0 N–H and O–H groups in total. The highest BCUT2D eigenvalue weighted by Crippen LogP contribution is 2.53. The fraction of sp³-hybridized carbons (Fsp3) is 0.0588. The van der Waals surface area contributed by atoms with Gasteiger partial charge in [0.2, 0.25) is 0 Å². The van der Waals surface area contributed by atoms with Crippen molar-refractivity contribution < 1.29 is 4.42 Å². The zero-order valence-corrected chi connectivity index (χ0v) is 30.0. The Kier molecular flexibility index (Phi) is 6.60. The van der Waals surface area contributed by atoms with Crippen LogP contribution in [-0.4, -0.2) is 9.97 Å². The quantitative estimate of drug-likeness (QED) is 0.184. The summed E-state index contributed by atoms with van der Waals surface area (Å²) in [5, 5.41) is 7.10. The zero-order valence-electron chi connectivity index (χ0n) is 30.0. The first-order chi connectivity index (χ1) is 26.5. The van der Waals surface area contributed by atoms with Crippen LogP contribution in [0.4, 0.5) is 0 Å². The van der Waals surface area contributed by atoms with Gasteiger partial charge in [-0.15, -0.1) is 0 Å². The molecular formula is C51H34N2O. The van der Waals surface area contributed by atoms with Crippen LogP contribution in [0, 0.1) is 0 Å². The van der Waals surface area contributed by atoms with Gasteiger partial charge in [-0.05, 0) is 85.8 Å². The second kappa shape index (κ2) is 11.6. The third-order valence-corrected chi connectivity index (χ3v) is 11.5. The van der Waals surface area contributed by atoms with Gasteiger partial charge in [0.05, 0.1) is 11.4 Å². The number of hydrogen-bond donors (Lipinski definition) is 0. The van der Waals surface area contributed by atoms with Crippen LogP contribution in [0.3, 0.4) is 0 Å². The normalized spacial score (nSPS) is 13.1. The Morgan fingerprint density at radius 2 is 1.07 bits per heavy atom. The van der Waals surface area contributed by atoms with Crippen LogP contribution < -0.4 is 0 Å². The number of rotatable bonds is 4. The van der Waals surface area contributed by atoms with E-state index < -0.39 is 0 Å². The molecule has 0 saturated heterocycles. The van der Waals surface area contributed by atoms with E-state index in [-0.39, 0.29) is 5.41 Å². The van der Waals surface area contributed by atoms with Crippen molar-refractivity contribution in [3.05, 3.63) is 181 Å². The topological polar surface area (TPSA) is 38.9 Å². The predicted molar refractivity (Wildman–Crippen MR) is 224 cm³/mol. The lowest BCUT2D eigenvalue weighted by molar-refractivity contribution is 0.661. The molecule has 0 aliphatic heterocycles. The first-order valence-electron chi connectivity index (χ1n) is 18.6. The van der Waals surface area contributed by atoms with Gasteiger partial charge in [-0.1, -0.05) is 147 Å². The molecule has 11 rings (SSSR count). The van der Waals surface area contributed by atoms with Crippen LogP contribution >= 0.6 is 0 Å². The Hall–Kier alpha value is -6.84. The Morgan fingerprint density at radius 3 is 1.93 bits per heavy atom. The van der Waals surface area contributed by atoms with E-state index in [0.717, 1.165) is 71.9 Å². The van der Waals surface area contributed by atoms with Gasteiger partial charge < -0.3 is 4.42 Å². The highest BCUT2D eigenvalue weighted by Gasteiger charge is 2.37. The second-order valence-corrected chi connectivity index (χ2v) is 15.0. The van der Waals surface area contributed by atoms with Gasteiger partial charge in [-0.3, -0.25) is 0 Å². The van der Waals surface area contributed by atoms with Gasteiger partial charge in [0, 0.05) is 38.4 Å². The molecule has 0 saturated carbocycles. The number of furan rings is 1. The third kappa shape index (κ3) is 4.68. The standard InChI is InChI=1S/C51H34N2O/c1-51(2)43-20-11-19-41(48(43)42-28-32-14-6-7-15-33(32)29-44(42)51)46-30-45(52-50(53-46)31-12-4-3-5-13-31)37-25-23-34-26-36(24-22-35(34)27-37)38-17-10-18-40-39-16-8-9-21-47(39)54-49(38)40/h3-30H,1-2H3. The Balaban J connectivity index is 1.06. The maximum Gasteiger partial charge on any atom is 0.160 e. The van der Waals surface area contributed by atoms with Crippen LogP contribution in [0.1, 0.15) is 25.0 Å². The molecule has 0 spiro atoms. The van der Waals surface area contributed by atoms with Crippen molar-refractivity contribution in [2.75, 3.05) is 0 Å². The summed E-state index contributed by atoms with van der Waals surface area (Å²) in [6.07, 6.45) is 0. The van der Waals surface area contributed by atoms with E-state index in [1.165, 1.54) is 33.0 Å². The van der Waals surface area contributed by atoms with Crippen LogP contribution in [0.25, 0.3) is 99.6 Å². The second-order valence-electron chi connectivity index (χ2n) is 15.0. The smallest absolute Gasteiger partial charge is 0.160 e. The van der Waals surface area contributed by atoms with Gasteiger partial charge >= 0.3 is 0 Å². The number of nitrogens with zero attached hydrogens (tertiary/aromatic N) is 2. The minimum atomic E-state index is -0.143. The summed E-state index contributed by atoms with van der Waals surface area (Å²) in [6, 6.07) is 60.6. The molecule has 254 valence electrons. The van der Waals surface area contributed by atoms with E-state index >= 15 is 0 Å². The minimum Gasteiger partial charge on any atom is -0.455 e. The summed E-state index contributed by atoms with van der Waals surface area (Å²) in [7, 11) is 0. The number of aromatic nitrogens is 2. The van der Waals surface area contributed by atoms with Crippen molar-refractivity contribution in [1.29, 1.82) is 0 Å². The Morgan fingerprint density at radius 1 is 0.426 bits per heavy atom. The molecule has 0 bridgehead atoms. The largest absolute Gasteiger partial charge is 0.455 e. The van der Waals surface area contributed by atoms with Gasteiger partial charge in [0.15, 0.2) is 5.82 Å². The summed E-state index contributed by atoms with van der Waals surface area (Å²) in [4.78, 5) is 10.5. The van der Waals surface area contributed by atoms with Crippen LogP contribution in [0.15, 0.2) is 174 Å². The maximum atomic E-state index is 6.39. The summed E-state index contributed by atoms with van der Waals surface area (Å²) in [5.74, 6) is 0.714. The van der Waals surface area contributed by atoms with E-state index in [9.17, 15) is 0 Å². The fourth-order valence-corrected chi connectivity index (χ4v) is 8.68. The molecule has 0 amide bonds. The van der Waals surface area contributed by atoms with Gasteiger partial charge in [-0.25, -0.2) is 9.97 Å². The molecule has 2 heterocycles. The number of fused-ring (bicyclic) bond motifs is 8. The monoisotopic (exact) mass is 690 g/mol. The maximum absolute atomic E-state index is 6.39. The lowest BCUT2D eigenvalue weighted by Gasteiger charge is -2.22. The summed E-state index contributed by atoms with van der Waals surface area (Å²) in [6.45, 7) is 4.68. The lowest BCUT2D eigenvalue weighted by atomic mass is 9.81. The predicted octanol–water partition coefficient (Wildman–Crippen LogP) is 13.7. The molecule has 10 aromatic rings. The Labute approximate surface area is 313 Å². The van der Waals surface area contributed by atoms with E-state index in [4.69, 9.17) is 14.4 Å². The Bertz CT molecular complexity index is 3130. The summed E-state index contributed by atoms with van der Waals surface area (Å²) < 4.78 is 6.39. The molecule has 0 fully saturated rings. The molecule has 3 nitrogen and oxygen atoms in total. The molecule has 0 atom stereocenters. The average molecular weight is 691 g/mol. The number of hydrogen-bond acceptors (Lipinski definition) is 3. The average Bonchev–Trinajstić information content (AvgIpc) is 3.71.